The molecule has 1 N–H and O–H groups in total. The van der Waals surface area contributed by atoms with Gasteiger partial charge >= 0.3 is 0 Å². The summed E-state index contributed by atoms with van der Waals surface area (Å²) in [7, 11) is -4.32. The Kier molecular flexibility index (Phi) is 4.19. The lowest BCUT2D eigenvalue weighted by molar-refractivity contribution is 0.548. The van der Waals surface area contributed by atoms with Crippen molar-refractivity contribution in [1.82, 2.24) is 15.2 Å². The molecule has 0 saturated carbocycles. The lowest BCUT2D eigenvalue weighted by Crippen LogP contribution is -2.18. The van der Waals surface area contributed by atoms with Crippen LogP contribution in [-0.2, 0) is 10.0 Å². The average Bonchev–Trinajstić information content (AvgIpc) is 2.31. The zero-order valence-corrected chi connectivity index (χ0v) is 13.3. The van der Waals surface area contributed by atoms with E-state index in [4.69, 9.17) is 0 Å². The maximum absolute atomic E-state index is 13.7. The fraction of sp³-hybridized carbons (Fsp3) is 0.182. The normalized spacial score (nSPS) is 11.5. The number of rotatable bonds is 3. The Morgan fingerprint density at radius 2 is 1.81 bits per heavy atom. The fourth-order valence-corrected chi connectivity index (χ4v) is 3.56. The highest BCUT2D eigenvalue weighted by Gasteiger charge is 2.25. The highest BCUT2D eigenvalue weighted by Crippen LogP contribution is 2.27. The number of nitrogens with zero attached hydrogens (tertiary/aromatic N) is 3. The fourth-order valence-electron chi connectivity index (χ4n) is 1.46. The van der Waals surface area contributed by atoms with E-state index < -0.39 is 26.6 Å². The first kappa shape index (κ1) is 15.7. The third-order valence-corrected chi connectivity index (χ3v) is 4.84. The van der Waals surface area contributed by atoms with Gasteiger partial charge in [-0.1, -0.05) is 0 Å². The van der Waals surface area contributed by atoms with Gasteiger partial charge in [0.2, 0.25) is 0 Å². The first-order valence-electron chi connectivity index (χ1n) is 5.56. The van der Waals surface area contributed by atoms with E-state index in [1.165, 1.54) is 0 Å². The summed E-state index contributed by atoms with van der Waals surface area (Å²) < 4.78 is 52.7. The van der Waals surface area contributed by atoms with Crippen molar-refractivity contribution >= 4 is 31.9 Å². The average molecular weight is 379 g/mol. The second kappa shape index (κ2) is 5.60. The predicted octanol–water partition coefficient (Wildman–Crippen LogP) is 2.33. The molecule has 0 spiro atoms. The van der Waals surface area contributed by atoms with Crippen LogP contribution in [0.1, 0.15) is 11.4 Å². The van der Waals surface area contributed by atoms with E-state index in [0.29, 0.717) is 17.5 Å². The number of nitrogens with one attached hydrogen (secondary N) is 1. The highest BCUT2D eigenvalue weighted by atomic mass is 79.9. The van der Waals surface area contributed by atoms with Crippen LogP contribution in [0.5, 0.6) is 0 Å². The summed E-state index contributed by atoms with van der Waals surface area (Å²) >= 11 is 2.82. The van der Waals surface area contributed by atoms with E-state index in [-0.39, 0.29) is 10.4 Å². The van der Waals surface area contributed by atoms with Crippen LogP contribution in [0, 0.1) is 25.5 Å². The minimum absolute atomic E-state index is 0.246. The van der Waals surface area contributed by atoms with Crippen molar-refractivity contribution in [2.75, 3.05) is 4.72 Å². The van der Waals surface area contributed by atoms with E-state index in [2.05, 4.69) is 31.1 Å². The molecule has 112 valence electrons. The number of hydrogen-bond acceptors (Lipinski definition) is 5. The van der Waals surface area contributed by atoms with Crippen molar-refractivity contribution < 1.29 is 17.2 Å². The molecular formula is C11H9BrF2N4O2S. The second-order valence-corrected chi connectivity index (χ2v) is 6.58. The monoisotopic (exact) mass is 378 g/mol. The van der Waals surface area contributed by atoms with Gasteiger partial charge in [0.15, 0.2) is 0 Å². The van der Waals surface area contributed by atoms with E-state index in [0.717, 1.165) is 6.07 Å². The summed E-state index contributed by atoms with van der Waals surface area (Å²) in [5, 5.41) is 7.27. The van der Waals surface area contributed by atoms with Crippen molar-refractivity contribution in [2.24, 2.45) is 0 Å². The molecule has 0 atom stereocenters. The van der Waals surface area contributed by atoms with Gasteiger partial charge in [0.1, 0.15) is 16.5 Å². The van der Waals surface area contributed by atoms with Gasteiger partial charge in [-0.2, -0.15) is 5.10 Å². The molecule has 2 rings (SSSR count). The van der Waals surface area contributed by atoms with E-state index in [1.54, 1.807) is 13.8 Å². The number of aryl methyl sites for hydroxylation is 2. The Balaban J connectivity index is 2.46. The van der Waals surface area contributed by atoms with E-state index in [9.17, 15) is 17.2 Å². The Hall–Kier alpha value is -1.68. The molecule has 0 amide bonds. The molecule has 0 radical (unpaired) electrons. The lowest BCUT2D eigenvalue weighted by Gasteiger charge is -2.09. The molecule has 0 aliphatic heterocycles. The molecule has 0 aliphatic rings. The third-order valence-electron chi connectivity index (χ3n) is 2.55. The topological polar surface area (TPSA) is 84.8 Å². The molecule has 1 aromatic heterocycles. The van der Waals surface area contributed by atoms with Crippen LogP contribution >= 0.6 is 15.9 Å². The van der Waals surface area contributed by atoms with Gasteiger partial charge in [0.05, 0.1) is 11.4 Å². The number of halogens is 3. The molecular weight excluding hydrogens is 370 g/mol. The quantitative estimate of drug-likeness (QED) is 0.885. The number of hydrogen-bond donors (Lipinski definition) is 1. The SMILES string of the molecule is Cc1nnc(NS(=O)(=O)c2c(F)cc(F)cc2Br)nc1C. The first-order valence-corrected chi connectivity index (χ1v) is 7.83. The smallest absolute Gasteiger partial charge is 0.246 e. The van der Waals surface area contributed by atoms with Gasteiger partial charge in [0, 0.05) is 10.5 Å². The first-order chi connectivity index (χ1) is 9.70. The van der Waals surface area contributed by atoms with Crippen molar-refractivity contribution in [3.63, 3.8) is 0 Å². The molecule has 1 heterocycles. The van der Waals surface area contributed by atoms with Crippen LogP contribution in [0.4, 0.5) is 14.7 Å². The Morgan fingerprint density at radius 3 is 2.38 bits per heavy atom. The van der Waals surface area contributed by atoms with E-state index >= 15 is 0 Å². The molecule has 6 nitrogen and oxygen atoms in total. The van der Waals surface area contributed by atoms with Crippen LogP contribution in [0.3, 0.4) is 0 Å². The Bertz CT molecular complexity index is 791. The zero-order chi connectivity index (χ0) is 15.8. The summed E-state index contributed by atoms with van der Waals surface area (Å²) in [4.78, 5) is 3.15. The van der Waals surface area contributed by atoms with Gasteiger partial charge in [-0.3, -0.25) is 0 Å². The molecule has 2 aromatic rings. The summed E-state index contributed by atoms with van der Waals surface area (Å²) in [6.07, 6.45) is 0. The number of aromatic nitrogens is 3. The van der Waals surface area contributed by atoms with Gasteiger partial charge in [0.25, 0.3) is 16.0 Å². The standard InChI is InChI=1S/C11H9BrF2N4O2S/c1-5-6(2)16-17-11(15-5)18-21(19,20)10-8(12)3-7(13)4-9(10)14/h3-4H,1-2H3,(H,15,17,18). The zero-order valence-electron chi connectivity index (χ0n) is 10.9. The molecule has 21 heavy (non-hydrogen) atoms. The van der Waals surface area contributed by atoms with Crippen LogP contribution in [0.15, 0.2) is 21.5 Å². The van der Waals surface area contributed by atoms with E-state index in [1.807, 2.05) is 4.72 Å². The molecule has 0 bridgehead atoms. The number of anilines is 1. The lowest BCUT2D eigenvalue weighted by atomic mass is 10.3. The Morgan fingerprint density at radius 1 is 1.14 bits per heavy atom. The second-order valence-electron chi connectivity index (χ2n) is 4.11. The van der Waals surface area contributed by atoms with Gasteiger partial charge in [-0.25, -0.2) is 26.9 Å². The summed E-state index contributed by atoms with van der Waals surface area (Å²) in [6.45, 7) is 3.28. The van der Waals surface area contributed by atoms with Crippen molar-refractivity contribution in [1.29, 1.82) is 0 Å². The largest absolute Gasteiger partial charge is 0.268 e. The van der Waals surface area contributed by atoms with Crippen LogP contribution in [-0.4, -0.2) is 23.6 Å². The predicted molar refractivity (Wildman–Crippen MR) is 74.2 cm³/mol. The maximum atomic E-state index is 13.7. The molecule has 0 saturated heterocycles. The summed E-state index contributed by atoms with van der Waals surface area (Å²) in [5.41, 5.74) is 1.01. The number of sulfonamides is 1. The summed E-state index contributed by atoms with van der Waals surface area (Å²) in [5.74, 6) is -2.43. The van der Waals surface area contributed by atoms with Crippen molar-refractivity contribution in [3.8, 4) is 0 Å². The highest BCUT2D eigenvalue weighted by molar-refractivity contribution is 9.10. The van der Waals surface area contributed by atoms with Gasteiger partial charge < -0.3 is 0 Å². The van der Waals surface area contributed by atoms with Crippen molar-refractivity contribution in [3.05, 3.63) is 39.6 Å². The minimum Gasteiger partial charge on any atom is -0.246 e. The van der Waals surface area contributed by atoms with Gasteiger partial charge in [-0.15, -0.1) is 5.10 Å². The van der Waals surface area contributed by atoms with Crippen LogP contribution in [0.25, 0.3) is 0 Å². The Labute approximate surface area is 127 Å². The van der Waals surface area contributed by atoms with Crippen LogP contribution < -0.4 is 4.72 Å². The molecule has 1 aromatic carbocycles. The van der Waals surface area contributed by atoms with Crippen molar-refractivity contribution in [2.45, 2.75) is 18.7 Å². The minimum atomic E-state index is -4.32. The molecule has 0 aliphatic carbocycles. The third kappa shape index (κ3) is 3.32. The maximum Gasteiger partial charge on any atom is 0.268 e. The van der Waals surface area contributed by atoms with Crippen LogP contribution in [0.2, 0.25) is 0 Å². The van der Waals surface area contributed by atoms with Gasteiger partial charge in [-0.05, 0) is 35.8 Å². The molecule has 0 fully saturated rings. The molecule has 10 heteroatoms. The molecule has 0 unspecified atom stereocenters. The summed E-state index contributed by atoms with van der Waals surface area (Å²) in [6, 6.07) is 1.32. The number of benzene rings is 1.